The smallest absolute Gasteiger partial charge is 0.337 e. The summed E-state index contributed by atoms with van der Waals surface area (Å²) in [6.07, 6.45) is 0.903. The molecule has 0 saturated carbocycles. The Morgan fingerprint density at radius 1 is 1.08 bits per heavy atom. The van der Waals surface area contributed by atoms with Crippen LogP contribution in [0.5, 0.6) is 0 Å². The molecule has 128 valence electrons. The minimum Gasteiger partial charge on any atom is -0.465 e. The summed E-state index contributed by atoms with van der Waals surface area (Å²) in [5.41, 5.74) is 4.80. The highest BCUT2D eigenvalue weighted by atomic mass is 16.5. The van der Waals surface area contributed by atoms with Gasteiger partial charge < -0.3 is 10.1 Å². The lowest BCUT2D eigenvalue weighted by molar-refractivity contribution is -0.118. The molecule has 2 aromatic carbocycles. The number of amides is 1. The van der Waals surface area contributed by atoms with Gasteiger partial charge >= 0.3 is 5.97 Å². The normalized spacial score (nSPS) is 12.5. The number of esters is 1. The molecule has 1 aliphatic rings. The van der Waals surface area contributed by atoms with Gasteiger partial charge in [0.05, 0.1) is 19.1 Å². The van der Waals surface area contributed by atoms with Crippen LogP contribution in [0.2, 0.25) is 0 Å². The van der Waals surface area contributed by atoms with Crippen molar-refractivity contribution in [3.63, 3.8) is 0 Å². The van der Waals surface area contributed by atoms with E-state index in [0.717, 1.165) is 27.9 Å². The molecule has 0 aliphatic carbocycles. The van der Waals surface area contributed by atoms with E-state index in [1.54, 1.807) is 12.1 Å². The molecule has 0 saturated heterocycles. The van der Waals surface area contributed by atoms with Crippen molar-refractivity contribution in [2.75, 3.05) is 12.4 Å². The molecule has 0 atom stereocenters. The van der Waals surface area contributed by atoms with Crippen LogP contribution in [0.4, 0.5) is 5.69 Å². The Morgan fingerprint density at radius 3 is 2.60 bits per heavy atom. The Hall–Kier alpha value is -2.95. The van der Waals surface area contributed by atoms with Crippen LogP contribution in [0.25, 0.3) is 0 Å². The van der Waals surface area contributed by atoms with Crippen molar-refractivity contribution in [1.29, 1.82) is 0 Å². The standard InChI is InChI=1S/C20H19NO4/c1-12-5-14(8-16(6-12)20(24)25-2)10-17(22)9-13-3-4-18-15(7-13)11-19(23)21-18/h3-8H,9-11H2,1-2H3,(H,21,23). The minimum atomic E-state index is -0.409. The molecule has 2 aromatic rings. The summed E-state index contributed by atoms with van der Waals surface area (Å²) in [4.78, 5) is 35.5. The van der Waals surface area contributed by atoms with Gasteiger partial charge in [-0.3, -0.25) is 9.59 Å². The maximum absolute atomic E-state index is 12.4. The number of rotatable bonds is 5. The second-order valence-corrected chi connectivity index (χ2v) is 6.31. The van der Waals surface area contributed by atoms with E-state index in [9.17, 15) is 14.4 Å². The first kappa shape index (κ1) is 16.9. The van der Waals surface area contributed by atoms with Crippen molar-refractivity contribution in [3.05, 3.63) is 64.2 Å². The first-order chi connectivity index (χ1) is 11.9. The van der Waals surface area contributed by atoms with Gasteiger partial charge in [-0.25, -0.2) is 4.79 Å². The van der Waals surface area contributed by atoms with Crippen LogP contribution < -0.4 is 5.32 Å². The van der Waals surface area contributed by atoms with Crippen molar-refractivity contribution in [1.82, 2.24) is 0 Å². The fraction of sp³-hybridized carbons (Fsp3) is 0.250. The number of nitrogens with one attached hydrogen (secondary N) is 1. The molecule has 1 N–H and O–H groups in total. The number of ether oxygens (including phenoxy) is 1. The van der Waals surface area contributed by atoms with Gasteiger partial charge in [0.1, 0.15) is 5.78 Å². The molecule has 5 heteroatoms. The van der Waals surface area contributed by atoms with Gasteiger partial charge in [0.25, 0.3) is 0 Å². The zero-order chi connectivity index (χ0) is 18.0. The van der Waals surface area contributed by atoms with E-state index in [0.29, 0.717) is 18.4 Å². The number of carbonyl (C=O) groups excluding carboxylic acids is 3. The molecule has 0 unspecified atom stereocenters. The number of methoxy groups -OCH3 is 1. The van der Waals surface area contributed by atoms with E-state index in [4.69, 9.17) is 4.74 Å². The topological polar surface area (TPSA) is 72.5 Å². The van der Waals surface area contributed by atoms with Crippen LogP contribution in [0, 0.1) is 6.92 Å². The summed E-state index contributed by atoms with van der Waals surface area (Å²) in [5.74, 6) is -0.375. The van der Waals surface area contributed by atoms with Crippen LogP contribution in [0.1, 0.15) is 32.6 Å². The number of Topliss-reactive ketones (excluding diaryl/α,β-unsaturated/α-hetero) is 1. The predicted molar refractivity (Wildman–Crippen MR) is 93.7 cm³/mol. The third-order valence-corrected chi connectivity index (χ3v) is 4.16. The highest BCUT2D eigenvalue weighted by Gasteiger charge is 2.18. The number of hydrogen-bond acceptors (Lipinski definition) is 4. The number of anilines is 1. The van der Waals surface area contributed by atoms with E-state index in [1.807, 2.05) is 31.2 Å². The van der Waals surface area contributed by atoms with Gasteiger partial charge in [0, 0.05) is 18.5 Å². The van der Waals surface area contributed by atoms with Crippen molar-refractivity contribution >= 4 is 23.3 Å². The molecule has 25 heavy (non-hydrogen) atoms. The zero-order valence-corrected chi connectivity index (χ0v) is 14.2. The van der Waals surface area contributed by atoms with Crippen LogP contribution in [-0.4, -0.2) is 24.8 Å². The molecule has 1 amide bonds. The first-order valence-corrected chi connectivity index (χ1v) is 8.07. The summed E-state index contributed by atoms with van der Waals surface area (Å²) >= 11 is 0. The molecule has 1 heterocycles. The highest BCUT2D eigenvalue weighted by Crippen LogP contribution is 2.24. The molecule has 0 aromatic heterocycles. The Balaban J connectivity index is 1.71. The number of carbonyl (C=O) groups is 3. The molecular formula is C20H19NO4. The van der Waals surface area contributed by atoms with Gasteiger partial charge in [-0.1, -0.05) is 18.2 Å². The van der Waals surface area contributed by atoms with Crippen LogP contribution in [-0.2, 0) is 33.6 Å². The largest absolute Gasteiger partial charge is 0.465 e. The molecule has 0 spiro atoms. The second-order valence-electron chi connectivity index (χ2n) is 6.31. The van der Waals surface area contributed by atoms with Crippen LogP contribution >= 0.6 is 0 Å². The molecule has 3 rings (SSSR count). The summed E-state index contributed by atoms with van der Waals surface area (Å²) in [5, 5.41) is 2.78. The van der Waals surface area contributed by atoms with E-state index >= 15 is 0 Å². The minimum absolute atomic E-state index is 0.0198. The van der Waals surface area contributed by atoms with E-state index in [-0.39, 0.29) is 18.1 Å². The fourth-order valence-corrected chi connectivity index (χ4v) is 3.11. The SMILES string of the molecule is COC(=O)c1cc(C)cc(CC(=O)Cc2ccc3c(c2)CC(=O)N3)c1. The number of fused-ring (bicyclic) bond motifs is 1. The van der Waals surface area contributed by atoms with E-state index in [1.165, 1.54) is 7.11 Å². The van der Waals surface area contributed by atoms with Crippen molar-refractivity contribution < 1.29 is 19.1 Å². The maximum Gasteiger partial charge on any atom is 0.337 e. The summed E-state index contributed by atoms with van der Waals surface area (Å²) in [6, 6.07) is 10.9. The quantitative estimate of drug-likeness (QED) is 0.851. The summed E-state index contributed by atoms with van der Waals surface area (Å²) < 4.78 is 4.74. The predicted octanol–water partition coefficient (Wildman–Crippen LogP) is 2.63. The monoisotopic (exact) mass is 337 g/mol. The summed E-state index contributed by atoms with van der Waals surface area (Å²) in [6.45, 7) is 1.88. The molecule has 1 aliphatic heterocycles. The Morgan fingerprint density at radius 2 is 1.84 bits per heavy atom. The van der Waals surface area contributed by atoms with E-state index < -0.39 is 5.97 Å². The Labute approximate surface area is 146 Å². The number of benzene rings is 2. The lowest BCUT2D eigenvalue weighted by Crippen LogP contribution is -2.09. The number of hydrogen-bond donors (Lipinski definition) is 1. The van der Waals surface area contributed by atoms with Crippen molar-refractivity contribution in [2.45, 2.75) is 26.2 Å². The highest BCUT2D eigenvalue weighted by molar-refractivity contribution is 5.99. The molecule has 5 nitrogen and oxygen atoms in total. The van der Waals surface area contributed by atoms with Gasteiger partial charge in [0.15, 0.2) is 0 Å². The third kappa shape index (κ3) is 3.94. The molecule has 0 bridgehead atoms. The zero-order valence-electron chi connectivity index (χ0n) is 14.2. The lowest BCUT2D eigenvalue weighted by Gasteiger charge is -2.07. The maximum atomic E-state index is 12.4. The molecular weight excluding hydrogens is 318 g/mol. The second kappa shape index (κ2) is 6.89. The third-order valence-electron chi connectivity index (χ3n) is 4.16. The number of aryl methyl sites for hydroxylation is 1. The molecule has 0 radical (unpaired) electrons. The molecule has 0 fully saturated rings. The van der Waals surface area contributed by atoms with E-state index in [2.05, 4.69) is 5.32 Å². The van der Waals surface area contributed by atoms with Gasteiger partial charge in [0.2, 0.25) is 5.91 Å². The van der Waals surface area contributed by atoms with Crippen molar-refractivity contribution in [2.24, 2.45) is 0 Å². The average Bonchev–Trinajstić information content (AvgIpc) is 2.92. The van der Waals surface area contributed by atoms with Gasteiger partial charge in [-0.2, -0.15) is 0 Å². The number of ketones is 1. The first-order valence-electron chi connectivity index (χ1n) is 8.07. The van der Waals surface area contributed by atoms with Gasteiger partial charge in [-0.05, 0) is 47.4 Å². The van der Waals surface area contributed by atoms with Crippen LogP contribution in [0.15, 0.2) is 36.4 Å². The lowest BCUT2D eigenvalue weighted by atomic mass is 9.98. The fourth-order valence-electron chi connectivity index (χ4n) is 3.11. The summed E-state index contributed by atoms with van der Waals surface area (Å²) in [7, 11) is 1.34. The Bertz CT molecular complexity index is 870. The van der Waals surface area contributed by atoms with Crippen LogP contribution in [0.3, 0.4) is 0 Å². The average molecular weight is 337 g/mol. The Kier molecular flexibility index (Phi) is 4.65. The van der Waals surface area contributed by atoms with Gasteiger partial charge in [-0.15, -0.1) is 0 Å². The van der Waals surface area contributed by atoms with Crippen molar-refractivity contribution in [3.8, 4) is 0 Å².